The van der Waals surface area contributed by atoms with Gasteiger partial charge in [-0.3, -0.25) is 14.4 Å². The van der Waals surface area contributed by atoms with Crippen molar-refractivity contribution in [3.63, 3.8) is 0 Å². The molecule has 0 saturated heterocycles. The quantitative estimate of drug-likeness (QED) is 0.708. The molecule has 0 unspecified atom stereocenters. The van der Waals surface area contributed by atoms with Crippen LogP contribution in [0.2, 0.25) is 0 Å². The van der Waals surface area contributed by atoms with E-state index in [1.165, 1.54) is 0 Å². The zero-order valence-corrected chi connectivity index (χ0v) is 14.0. The van der Waals surface area contributed by atoms with E-state index >= 15 is 0 Å². The van der Waals surface area contributed by atoms with Gasteiger partial charge in [-0.2, -0.15) is 0 Å². The van der Waals surface area contributed by atoms with Crippen molar-refractivity contribution in [1.82, 2.24) is 10.6 Å². The van der Waals surface area contributed by atoms with Crippen LogP contribution >= 0.6 is 0 Å². The molecule has 0 fully saturated rings. The van der Waals surface area contributed by atoms with Gasteiger partial charge in [0.25, 0.3) is 5.91 Å². The maximum absolute atomic E-state index is 12.4. The van der Waals surface area contributed by atoms with Crippen LogP contribution in [0.3, 0.4) is 0 Å². The number of aryl methyl sites for hydroxylation is 1. The molecule has 0 aliphatic heterocycles. The number of hydrogen-bond donors (Lipinski definition) is 3. The molecule has 3 amide bonds. The molecule has 2 aromatic rings. The van der Waals surface area contributed by atoms with Gasteiger partial charge in [0.05, 0.1) is 6.42 Å². The molecule has 2 rings (SSSR count). The van der Waals surface area contributed by atoms with Crippen molar-refractivity contribution in [3.05, 3.63) is 71.3 Å². The largest absolute Gasteiger partial charge is 0.370 e. The number of primary amides is 1. The molecular formula is C19H21N3O3. The molecule has 1 atom stereocenters. The number of hydrogen-bond acceptors (Lipinski definition) is 3. The number of nitrogens with two attached hydrogens (primary N) is 1. The SMILES string of the molecule is Cc1ccc(CNC(=O)[C@@H](CC(N)=O)NC(=O)c2ccccc2)cc1. The molecule has 0 aliphatic carbocycles. The first-order chi connectivity index (χ1) is 12.0. The summed E-state index contributed by atoms with van der Waals surface area (Å²) in [4.78, 5) is 35.8. The van der Waals surface area contributed by atoms with Gasteiger partial charge in [0.1, 0.15) is 6.04 Å². The van der Waals surface area contributed by atoms with Crippen LogP contribution in [0.4, 0.5) is 0 Å². The molecule has 0 aromatic heterocycles. The Morgan fingerprint density at radius 2 is 1.64 bits per heavy atom. The van der Waals surface area contributed by atoms with Crippen molar-refractivity contribution in [1.29, 1.82) is 0 Å². The predicted octanol–water partition coefficient (Wildman–Crippen LogP) is 1.29. The smallest absolute Gasteiger partial charge is 0.251 e. The highest BCUT2D eigenvalue weighted by molar-refractivity contribution is 5.98. The van der Waals surface area contributed by atoms with Gasteiger partial charge in [0.2, 0.25) is 11.8 Å². The number of benzene rings is 2. The lowest BCUT2D eigenvalue weighted by molar-refractivity contribution is -0.127. The molecule has 2 aromatic carbocycles. The minimum Gasteiger partial charge on any atom is -0.370 e. The maximum Gasteiger partial charge on any atom is 0.251 e. The topological polar surface area (TPSA) is 101 Å². The molecule has 0 saturated carbocycles. The van der Waals surface area contributed by atoms with Gasteiger partial charge in [0.15, 0.2) is 0 Å². The fourth-order valence-corrected chi connectivity index (χ4v) is 2.26. The highest BCUT2D eigenvalue weighted by Gasteiger charge is 2.23. The second-order valence-electron chi connectivity index (χ2n) is 5.77. The van der Waals surface area contributed by atoms with E-state index in [0.29, 0.717) is 12.1 Å². The summed E-state index contributed by atoms with van der Waals surface area (Å²) < 4.78 is 0. The molecule has 0 heterocycles. The molecule has 0 bridgehead atoms. The Morgan fingerprint density at radius 3 is 2.24 bits per heavy atom. The highest BCUT2D eigenvalue weighted by atomic mass is 16.2. The van der Waals surface area contributed by atoms with Gasteiger partial charge in [-0.15, -0.1) is 0 Å². The summed E-state index contributed by atoms with van der Waals surface area (Å²) in [5.41, 5.74) is 7.65. The molecule has 6 nitrogen and oxygen atoms in total. The highest BCUT2D eigenvalue weighted by Crippen LogP contribution is 2.04. The summed E-state index contributed by atoms with van der Waals surface area (Å²) in [5, 5.41) is 5.28. The average molecular weight is 339 g/mol. The van der Waals surface area contributed by atoms with Crippen molar-refractivity contribution < 1.29 is 14.4 Å². The average Bonchev–Trinajstić information content (AvgIpc) is 2.60. The van der Waals surface area contributed by atoms with Gasteiger partial charge >= 0.3 is 0 Å². The van der Waals surface area contributed by atoms with Crippen molar-refractivity contribution >= 4 is 17.7 Å². The number of rotatable bonds is 7. The third-order valence-corrected chi connectivity index (χ3v) is 3.65. The molecule has 130 valence electrons. The van der Waals surface area contributed by atoms with E-state index in [1.54, 1.807) is 30.3 Å². The fraction of sp³-hybridized carbons (Fsp3) is 0.211. The van der Waals surface area contributed by atoms with Crippen molar-refractivity contribution in [3.8, 4) is 0 Å². The lowest BCUT2D eigenvalue weighted by Gasteiger charge is -2.17. The van der Waals surface area contributed by atoms with Gasteiger partial charge < -0.3 is 16.4 Å². The van der Waals surface area contributed by atoms with E-state index in [2.05, 4.69) is 10.6 Å². The van der Waals surface area contributed by atoms with Crippen LogP contribution in [0.5, 0.6) is 0 Å². The first-order valence-electron chi connectivity index (χ1n) is 7.93. The van der Waals surface area contributed by atoms with Crippen LogP contribution in [0.15, 0.2) is 54.6 Å². The Morgan fingerprint density at radius 1 is 1.00 bits per heavy atom. The summed E-state index contributed by atoms with van der Waals surface area (Å²) in [6.07, 6.45) is -0.266. The van der Waals surface area contributed by atoms with Crippen molar-refractivity contribution in [2.75, 3.05) is 0 Å². The van der Waals surface area contributed by atoms with Gasteiger partial charge in [-0.1, -0.05) is 48.0 Å². The van der Waals surface area contributed by atoms with Crippen molar-refractivity contribution in [2.24, 2.45) is 5.73 Å². The van der Waals surface area contributed by atoms with Gasteiger partial charge in [0, 0.05) is 12.1 Å². The minimum absolute atomic E-state index is 0.266. The predicted molar refractivity (Wildman–Crippen MR) is 94.5 cm³/mol. The zero-order valence-electron chi connectivity index (χ0n) is 14.0. The number of amides is 3. The van der Waals surface area contributed by atoms with Crippen LogP contribution < -0.4 is 16.4 Å². The first kappa shape index (κ1) is 18.2. The second kappa shape index (κ2) is 8.63. The molecule has 0 aliphatic rings. The van der Waals surface area contributed by atoms with E-state index in [-0.39, 0.29) is 6.42 Å². The second-order valence-corrected chi connectivity index (χ2v) is 5.77. The van der Waals surface area contributed by atoms with E-state index < -0.39 is 23.8 Å². The summed E-state index contributed by atoms with van der Waals surface area (Å²) in [7, 11) is 0. The Bertz CT molecular complexity index is 742. The van der Waals surface area contributed by atoms with Crippen LogP contribution in [-0.4, -0.2) is 23.8 Å². The normalized spacial score (nSPS) is 11.4. The Labute approximate surface area is 146 Å². The summed E-state index contributed by atoms with van der Waals surface area (Å²) in [6, 6.07) is 15.1. The Kier molecular flexibility index (Phi) is 6.28. The number of carbonyl (C=O) groups is 3. The summed E-state index contributed by atoms with van der Waals surface area (Å²) in [5.74, 6) is -1.55. The summed E-state index contributed by atoms with van der Waals surface area (Å²) >= 11 is 0. The molecule has 4 N–H and O–H groups in total. The third kappa shape index (κ3) is 5.76. The van der Waals surface area contributed by atoms with E-state index in [0.717, 1.165) is 11.1 Å². The van der Waals surface area contributed by atoms with E-state index in [9.17, 15) is 14.4 Å². The molecular weight excluding hydrogens is 318 g/mol. The number of nitrogens with one attached hydrogen (secondary N) is 2. The third-order valence-electron chi connectivity index (χ3n) is 3.65. The van der Waals surface area contributed by atoms with Crippen LogP contribution in [0, 0.1) is 6.92 Å². The van der Waals surface area contributed by atoms with Crippen molar-refractivity contribution in [2.45, 2.75) is 25.9 Å². The molecule has 6 heteroatoms. The Balaban J connectivity index is 2.00. The van der Waals surface area contributed by atoms with E-state index in [1.807, 2.05) is 31.2 Å². The lowest BCUT2D eigenvalue weighted by atomic mass is 10.1. The minimum atomic E-state index is -1.02. The standard InChI is InChI=1S/C19H21N3O3/c1-13-7-9-14(10-8-13)12-21-19(25)16(11-17(20)23)22-18(24)15-5-3-2-4-6-15/h2-10,16H,11-12H2,1H3,(H2,20,23)(H,21,25)(H,22,24)/t16-/m1/s1. The Hall–Kier alpha value is -3.15. The van der Waals surface area contributed by atoms with Crippen LogP contribution in [0.1, 0.15) is 27.9 Å². The first-order valence-corrected chi connectivity index (χ1v) is 7.93. The van der Waals surface area contributed by atoms with Gasteiger partial charge in [-0.25, -0.2) is 0 Å². The molecule has 0 spiro atoms. The summed E-state index contributed by atoms with van der Waals surface area (Å²) in [6.45, 7) is 2.28. The lowest BCUT2D eigenvalue weighted by Crippen LogP contribution is -2.48. The number of carbonyl (C=O) groups excluding carboxylic acids is 3. The maximum atomic E-state index is 12.4. The van der Waals surface area contributed by atoms with Crippen LogP contribution in [-0.2, 0) is 16.1 Å². The van der Waals surface area contributed by atoms with Crippen LogP contribution in [0.25, 0.3) is 0 Å². The molecule has 25 heavy (non-hydrogen) atoms. The monoisotopic (exact) mass is 339 g/mol. The zero-order chi connectivity index (χ0) is 18.2. The van der Waals surface area contributed by atoms with Gasteiger partial charge in [-0.05, 0) is 24.6 Å². The van der Waals surface area contributed by atoms with E-state index in [4.69, 9.17) is 5.73 Å². The molecule has 0 radical (unpaired) electrons. The fourth-order valence-electron chi connectivity index (χ4n) is 2.26.